The van der Waals surface area contributed by atoms with Crippen molar-refractivity contribution in [2.45, 2.75) is 39.7 Å². The third-order valence-corrected chi connectivity index (χ3v) is 7.81. The molecule has 0 N–H and O–H groups in total. The summed E-state index contributed by atoms with van der Waals surface area (Å²) in [5.41, 5.74) is 1.57. The van der Waals surface area contributed by atoms with Crippen LogP contribution in [0, 0.1) is 12.7 Å². The van der Waals surface area contributed by atoms with Crippen LogP contribution in [-0.2, 0) is 4.79 Å². The lowest BCUT2D eigenvalue weighted by molar-refractivity contribution is -0.126. The fourth-order valence-corrected chi connectivity index (χ4v) is 5.69. The minimum atomic E-state index is -1.10. The number of amides is 1. The molecule has 0 unspecified atom stereocenters. The second kappa shape index (κ2) is 12.1. The average molecular weight is 609 g/mol. The lowest BCUT2D eigenvalue weighted by Crippen LogP contribution is -2.54. The number of carbonyl (C=O) groups is 1. The number of anilines is 1. The normalized spacial score (nSPS) is 15.3. The van der Waals surface area contributed by atoms with Crippen LogP contribution in [0.2, 0.25) is 5.02 Å². The number of aryl methyl sites for hydroxylation is 1. The summed E-state index contributed by atoms with van der Waals surface area (Å²) < 4.78 is 34.4. The highest BCUT2D eigenvalue weighted by Crippen LogP contribution is 2.37. The lowest BCUT2D eigenvalue weighted by Gasteiger charge is -2.40. The van der Waals surface area contributed by atoms with Crippen LogP contribution in [0.5, 0.6) is 5.75 Å². The van der Waals surface area contributed by atoms with Crippen LogP contribution in [0.3, 0.4) is 0 Å². The van der Waals surface area contributed by atoms with Gasteiger partial charge in [0, 0.05) is 37.4 Å². The topological polar surface area (TPSA) is 93.5 Å². The van der Waals surface area contributed by atoms with Crippen LogP contribution in [0.1, 0.15) is 37.9 Å². The minimum absolute atomic E-state index is 0.0212. The van der Waals surface area contributed by atoms with Crippen molar-refractivity contribution >= 4 is 34.4 Å². The molecule has 1 fully saturated rings. The first-order valence-corrected chi connectivity index (χ1v) is 14.2. The van der Waals surface area contributed by atoms with Gasteiger partial charge in [0.1, 0.15) is 17.4 Å². The number of piperazine rings is 1. The van der Waals surface area contributed by atoms with Gasteiger partial charge in [0.15, 0.2) is 5.65 Å². The van der Waals surface area contributed by atoms with E-state index in [1.54, 1.807) is 23.2 Å². The number of alkyl halides is 1. The highest BCUT2D eigenvalue weighted by molar-refractivity contribution is 6.34. The lowest BCUT2D eigenvalue weighted by atomic mass is 10.0. The van der Waals surface area contributed by atoms with E-state index in [-0.39, 0.29) is 45.5 Å². The molecule has 0 spiro atoms. The molecule has 0 radical (unpaired) electrons. The largest absolute Gasteiger partial charge is 0.463 e. The number of benzene rings is 1. The van der Waals surface area contributed by atoms with Gasteiger partial charge < -0.3 is 14.5 Å². The van der Waals surface area contributed by atoms with Gasteiger partial charge in [-0.1, -0.05) is 32.0 Å². The maximum absolute atomic E-state index is 15.2. The van der Waals surface area contributed by atoms with E-state index in [0.29, 0.717) is 42.2 Å². The summed E-state index contributed by atoms with van der Waals surface area (Å²) in [6.45, 7) is 11.4. The molecule has 1 aromatic carbocycles. The zero-order valence-corrected chi connectivity index (χ0v) is 25.0. The Hall–Kier alpha value is -4.38. The molecular formula is C31H31ClF2N6O3. The smallest absolute Gasteiger partial charge is 0.355 e. The molecule has 0 bridgehead atoms. The van der Waals surface area contributed by atoms with Crippen molar-refractivity contribution < 1.29 is 18.3 Å². The number of pyridine rings is 2. The Morgan fingerprint density at radius 2 is 2.00 bits per heavy atom. The van der Waals surface area contributed by atoms with E-state index in [4.69, 9.17) is 21.3 Å². The predicted octanol–water partition coefficient (Wildman–Crippen LogP) is 5.60. The summed E-state index contributed by atoms with van der Waals surface area (Å²) in [7, 11) is 0. The van der Waals surface area contributed by atoms with Gasteiger partial charge in [-0.15, -0.1) is 0 Å². The molecule has 1 aliphatic rings. The monoisotopic (exact) mass is 608 g/mol. The maximum atomic E-state index is 15.2. The SMILES string of the molecule is C=CC(=O)N1CCN(c2nc(=O)n(-c3c(C)ccnc3C(C)C)c3nc(-c4cc(OCF)ccc4F)c(Cl)cc23)[C@@H](C)C1. The summed E-state index contributed by atoms with van der Waals surface area (Å²) in [5.74, 6) is -0.442. The molecule has 1 saturated heterocycles. The van der Waals surface area contributed by atoms with Crippen LogP contribution in [-0.4, -0.2) is 62.9 Å². The quantitative estimate of drug-likeness (QED) is 0.252. The Balaban J connectivity index is 1.81. The van der Waals surface area contributed by atoms with Gasteiger partial charge in [-0.25, -0.2) is 23.1 Å². The molecule has 3 aromatic heterocycles. The van der Waals surface area contributed by atoms with Crippen molar-refractivity contribution in [2.75, 3.05) is 31.4 Å². The Morgan fingerprint density at radius 3 is 2.67 bits per heavy atom. The zero-order valence-electron chi connectivity index (χ0n) is 24.3. The number of aromatic nitrogens is 4. The van der Waals surface area contributed by atoms with E-state index in [0.717, 1.165) is 11.6 Å². The Morgan fingerprint density at radius 1 is 1.23 bits per heavy atom. The molecule has 12 heteroatoms. The van der Waals surface area contributed by atoms with E-state index in [2.05, 4.69) is 16.5 Å². The molecule has 224 valence electrons. The van der Waals surface area contributed by atoms with E-state index in [9.17, 15) is 14.0 Å². The van der Waals surface area contributed by atoms with Crippen molar-refractivity contribution in [3.63, 3.8) is 0 Å². The highest BCUT2D eigenvalue weighted by Gasteiger charge is 2.30. The van der Waals surface area contributed by atoms with E-state index >= 15 is 4.39 Å². The minimum Gasteiger partial charge on any atom is -0.463 e. The maximum Gasteiger partial charge on any atom is 0.355 e. The fourth-order valence-electron chi connectivity index (χ4n) is 5.44. The Kier molecular flexibility index (Phi) is 8.45. The fraction of sp³-hybridized carbons (Fsp3) is 0.323. The van der Waals surface area contributed by atoms with Crippen LogP contribution in [0.25, 0.3) is 28.0 Å². The number of fused-ring (bicyclic) bond motifs is 1. The molecular weight excluding hydrogens is 578 g/mol. The van der Waals surface area contributed by atoms with Gasteiger partial charge in [0.25, 0.3) is 0 Å². The summed E-state index contributed by atoms with van der Waals surface area (Å²) in [6.07, 6.45) is 2.95. The zero-order chi connectivity index (χ0) is 31.0. The molecule has 1 aliphatic heterocycles. The molecule has 1 amide bonds. The van der Waals surface area contributed by atoms with Crippen molar-refractivity contribution in [2.24, 2.45) is 0 Å². The predicted molar refractivity (Wildman–Crippen MR) is 162 cm³/mol. The first-order chi connectivity index (χ1) is 20.5. The summed E-state index contributed by atoms with van der Waals surface area (Å²) in [4.78, 5) is 43.8. The third-order valence-electron chi connectivity index (χ3n) is 7.53. The van der Waals surface area contributed by atoms with Crippen LogP contribution >= 0.6 is 11.6 Å². The van der Waals surface area contributed by atoms with Gasteiger partial charge in [0.2, 0.25) is 12.8 Å². The molecule has 1 atom stereocenters. The van der Waals surface area contributed by atoms with E-state index < -0.39 is 18.4 Å². The van der Waals surface area contributed by atoms with E-state index in [1.165, 1.54) is 22.8 Å². The standard InChI is InChI=1S/C31H31ClF2N6O3/c1-6-25(41)38-11-12-39(19(5)15-38)29-22-14-23(32)27(21-13-20(43-16-33)7-8-24(21)34)36-30(22)40(31(42)37-29)28-18(4)9-10-35-26(28)17(2)3/h6-10,13-14,17,19H,1,11-12,15-16H2,2-5H3/t19-/m0/s1. The van der Waals surface area contributed by atoms with Gasteiger partial charge in [0.05, 0.1) is 27.5 Å². The first kappa shape index (κ1) is 30.1. The number of nitrogens with zero attached hydrogens (tertiary/aromatic N) is 6. The Bertz CT molecular complexity index is 1790. The van der Waals surface area contributed by atoms with E-state index in [1.807, 2.05) is 32.6 Å². The second-order valence-electron chi connectivity index (χ2n) is 10.7. The molecule has 0 saturated carbocycles. The number of hydrogen-bond acceptors (Lipinski definition) is 7. The van der Waals surface area contributed by atoms with Gasteiger partial charge >= 0.3 is 5.69 Å². The van der Waals surface area contributed by atoms with Crippen LogP contribution in [0.4, 0.5) is 14.6 Å². The second-order valence-corrected chi connectivity index (χ2v) is 11.1. The Labute approximate surface area is 252 Å². The molecule has 5 rings (SSSR count). The number of rotatable bonds is 7. The highest BCUT2D eigenvalue weighted by atomic mass is 35.5. The number of halogens is 3. The van der Waals surface area contributed by atoms with Crippen LogP contribution in [0.15, 0.2) is 54.0 Å². The van der Waals surface area contributed by atoms with Gasteiger partial charge in [-0.2, -0.15) is 4.98 Å². The van der Waals surface area contributed by atoms with Gasteiger partial charge in [-0.05, 0) is 61.7 Å². The van der Waals surface area contributed by atoms with Crippen LogP contribution < -0.4 is 15.3 Å². The summed E-state index contributed by atoms with van der Waals surface area (Å²) >= 11 is 6.77. The molecule has 0 aliphatic carbocycles. The molecule has 9 nitrogen and oxygen atoms in total. The van der Waals surface area contributed by atoms with Crippen molar-refractivity contribution in [1.29, 1.82) is 0 Å². The molecule has 4 heterocycles. The van der Waals surface area contributed by atoms with Crippen molar-refractivity contribution in [3.05, 3.63) is 81.8 Å². The molecule has 43 heavy (non-hydrogen) atoms. The number of ether oxygens (including phenoxy) is 1. The first-order valence-electron chi connectivity index (χ1n) is 13.8. The number of hydrogen-bond donors (Lipinski definition) is 0. The van der Waals surface area contributed by atoms with Gasteiger partial charge in [-0.3, -0.25) is 9.78 Å². The summed E-state index contributed by atoms with van der Waals surface area (Å²) in [5, 5.41) is 0.551. The number of carbonyl (C=O) groups excluding carboxylic acids is 1. The summed E-state index contributed by atoms with van der Waals surface area (Å²) in [6, 6.07) is 6.94. The third kappa shape index (κ3) is 5.56. The molecule has 4 aromatic rings. The van der Waals surface area contributed by atoms with Crippen molar-refractivity contribution in [3.8, 4) is 22.7 Å². The average Bonchev–Trinajstić information content (AvgIpc) is 2.98. The van der Waals surface area contributed by atoms with Crippen molar-refractivity contribution in [1.82, 2.24) is 24.4 Å².